The molecule has 0 saturated heterocycles. The van der Waals surface area contributed by atoms with Crippen LogP contribution in [-0.4, -0.2) is 4.98 Å². The molecule has 0 radical (unpaired) electrons. The predicted octanol–water partition coefficient (Wildman–Crippen LogP) is 2.33. The van der Waals surface area contributed by atoms with Gasteiger partial charge in [0.05, 0.1) is 11.9 Å². The Morgan fingerprint density at radius 2 is 2.33 bits per heavy atom. The fourth-order valence-corrected chi connectivity index (χ4v) is 1.98. The number of hydrogen-bond donors (Lipinski definition) is 1. The Bertz CT molecular complexity index is 436. The number of nitrogens with two attached hydrogens (primary N) is 1. The maximum absolute atomic E-state index is 12.7. The minimum Gasteiger partial charge on any atom is -0.397 e. The molecule has 0 fully saturated rings. The number of thiophene rings is 1. The molecule has 2 aromatic rings. The second-order valence-electron chi connectivity index (χ2n) is 2.58. The average Bonchev–Trinajstić information content (AvgIpc) is 2.31. The highest BCUT2D eigenvalue weighted by molar-refractivity contribution is 7.19. The van der Waals surface area contributed by atoms with Crippen molar-refractivity contribution >= 4 is 27.2 Å². The minimum absolute atomic E-state index is 0.341. The average molecular weight is 182 g/mol. The molecule has 2 nitrogen and oxygen atoms in total. The normalized spacial score (nSPS) is 10.8. The number of rotatable bonds is 0. The van der Waals surface area contributed by atoms with E-state index in [9.17, 15) is 4.39 Å². The molecule has 2 rings (SSSR count). The fourth-order valence-electron chi connectivity index (χ4n) is 1.09. The summed E-state index contributed by atoms with van der Waals surface area (Å²) < 4.78 is 12.7. The molecule has 0 aliphatic carbocycles. The highest BCUT2D eigenvalue weighted by Gasteiger charge is 2.06. The number of nitrogens with zero attached hydrogens (tertiary/aromatic N) is 1. The van der Waals surface area contributed by atoms with Crippen molar-refractivity contribution in [2.75, 3.05) is 5.73 Å². The van der Waals surface area contributed by atoms with Crippen LogP contribution in [0.1, 0.15) is 4.88 Å². The number of hydrogen-bond acceptors (Lipinski definition) is 3. The van der Waals surface area contributed by atoms with E-state index in [4.69, 9.17) is 5.73 Å². The van der Waals surface area contributed by atoms with Crippen molar-refractivity contribution in [1.29, 1.82) is 0 Å². The van der Waals surface area contributed by atoms with Gasteiger partial charge in [0.2, 0.25) is 0 Å². The summed E-state index contributed by atoms with van der Waals surface area (Å²) in [4.78, 5) is 5.71. The van der Waals surface area contributed by atoms with Crippen molar-refractivity contribution in [3.8, 4) is 0 Å². The molecule has 0 saturated carbocycles. The van der Waals surface area contributed by atoms with Crippen LogP contribution in [0, 0.1) is 12.7 Å². The largest absolute Gasteiger partial charge is 0.397 e. The van der Waals surface area contributed by atoms with Crippen LogP contribution in [-0.2, 0) is 0 Å². The summed E-state index contributed by atoms with van der Waals surface area (Å²) in [5.74, 6) is -0.341. The molecule has 62 valence electrons. The van der Waals surface area contributed by atoms with E-state index in [2.05, 4.69) is 4.98 Å². The van der Waals surface area contributed by atoms with Crippen LogP contribution in [0.25, 0.3) is 10.2 Å². The molecule has 0 aliphatic heterocycles. The zero-order chi connectivity index (χ0) is 8.72. The second-order valence-corrected chi connectivity index (χ2v) is 3.78. The molecular weight excluding hydrogens is 175 g/mol. The molecule has 0 amide bonds. The molecule has 0 unspecified atom stereocenters. The topological polar surface area (TPSA) is 38.9 Å². The summed E-state index contributed by atoms with van der Waals surface area (Å²) in [6.07, 6.45) is 1.21. The third-order valence-corrected chi connectivity index (χ3v) is 2.78. The van der Waals surface area contributed by atoms with E-state index in [-0.39, 0.29) is 5.82 Å². The predicted molar refractivity (Wildman–Crippen MR) is 48.7 cm³/mol. The van der Waals surface area contributed by atoms with Crippen LogP contribution in [0.4, 0.5) is 10.1 Å². The van der Waals surface area contributed by atoms with E-state index in [1.807, 2.05) is 6.92 Å². The number of pyridine rings is 1. The molecule has 2 heterocycles. The third-order valence-electron chi connectivity index (χ3n) is 1.74. The van der Waals surface area contributed by atoms with Crippen molar-refractivity contribution in [2.45, 2.75) is 6.92 Å². The number of fused-ring (bicyclic) bond motifs is 1. The minimum atomic E-state index is -0.341. The fraction of sp³-hybridized carbons (Fsp3) is 0.125. The summed E-state index contributed by atoms with van der Waals surface area (Å²) in [5, 5.41) is 0.720. The molecule has 0 bridgehead atoms. The molecule has 0 spiro atoms. The van der Waals surface area contributed by atoms with Gasteiger partial charge in [-0.05, 0) is 13.0 Å². The van der Waals surface area contributed by atoms with Gasteiger partial charge < -0.3 is 5.73 Å². The van der Waals surface area contributed by atoms with Gasteiger partial charge in [0.25, 0.3) is 0 Å². The molecule has 0 aliphatic rings. The van der Waals surface area contributed by atoms with E-state index in [1.165, 1.54) is 23.6 Å². The lowest BCUT2D eigenvalue weighted by molar-refractivity contribution is 0.624. The van der Waals surface area contributed by atoms with Crippen LogP contribution in [0.15, 0.2) is 12.3 Å². The molecule has 2 N–H and O–H groups in total. The molecular formula is C8H7FN2S. The Morgan fingerprint density at radius 3 is 3.08 bits per heavy atom. The van der Waals surface area contributed by atoms with Crippen LogP contribution in [0.3, 0.4) is 0 Å². The Labute approximate surface area is 72.8 Å². The van der Waals surface area contributed by atoms with Gasteiger partial charge in [-0.1, -0.05) is 0 Å². The lowest BCUT2D eigenvalue weighted by Crippen LogP contribution is -1.85. The zero-order valence-electron chi connectivity index (χ0n) is 6.47. The Kier molecular flexibility index (Phi) is 1.51. The maximum atomic E-state index is 12.7. The first kappa shape index (κ1) is 7.49. The first-order chi connectivity index (χ1) is 5.68. The number of aromatic nitrogens is 1. The van der Waals surface area contributed by atoms with E-state index >= 15 is 0 Å². The lowest BCUT2D eigenvalue weighted by atomic mass is 10.3. The SMILES string of the molecule is Cc1sc2ncc(F)cc2c1N. The maximum Gasteiger partial charge on any atom is 0.142 e. The van der Waals surface area contributed by atoms with Crippen LogP contribution < -0.4 is 5.73 Å². The van der Waals surface area contributed by atoms with Crippen molar-refractivity contribution in [3.05, 3.63) is 23.0 Å². The summed E-state index contributed by atoms with van der Waals surface area (Å²) in [6.45, 7) is 1.90. The Balaban J connectivity index is 2.88. The number of halogens is 1. The van der Waals surface area contributed by atoms with Gasteiger partial charge in [-0.15, -0.1) is 11.3 Å². The first-order valence-electron chi connectivity index (χ1n) is 3.48. The molecule has 2 aromatic heterocycles. The van der Waals surface area contributed by atoms with Crippen LogP contribution in [0.5, 0.6) is 0 Å². The standard InChI is InChI=1S/C8H7FN2S/c1-4-7(10)6-2-5(9)3-11-8(6)12-4/h2-3H,10H2,1H3. The van der Waals surface area contributed by atoms with Gasteiger partial charge in [-0.2, -0.15) is 0 Å². The first-order valence-corrected chi connectivity index (χ1v) is 4.30. The highest BCUT2D eigenvalue weighted by Crippen LogP contribution is 2.31. The van der Waals surface area contributed by atoms with Crippen molar-refractivity contribution in [1.82, 2.24) is 4.98 Å². The summed E-state index contributed by atoms with van der Waals surface area (Å²) in [6, 6.07) is 1.42. The van der Waals surface area contributed by atoms with E-state index in [0.717, 1.165) is 15.1 Å². The second kappa shape index (κ2) is 2.42. The third kappa shape index (κ3) is 0.956. The van der Waals surface area contributed by atoms with Gasteiger partial charge in [0.15, 0.2) is 0 Å². The van der Waals surface area contributed by atoms with E-state index < -0.39 is 0 Å². The van der Waals surface area contributed by atoms with E-state index in [0.29, 0.717) is 5.69 Å². The lowest BCUT2D eigenvalue weighted by Gasteiger charge is -1.90. The molecule has 12 heavy (non-hydrogen) atoms. The molecule has 4 heteroatoms. The monoisotopic (exact) mass is 182 g/mol. The molecule has 0 atom stereocenters. The Hall–Kier alpha value is -1.16. The van der Waals surface area contributed by atoms with Gasteiger partial charge in [-0.25, -0.2) is 9.37 Å². The highest BCUT2D eigenvalue weighted by atomic mass is 32.1. The van der Waals surface area contributed by atoms with Gasteiger partial charge >= 0.3 is 0 Å². The summed E-state index contributed by atoms with van der Waals surface area (Å²) >= 11 is 1.48. The van der Waals surface area contributed by atoms with Crippen LogP contribution >= 0.6 is 11.3 Å². The van der Waals surface area contributed by atoms with Gasteiger partial charge in [0.1, 0.15) is 10.6 Å². The van der Waals surface area contributed by atoms with Crippen LogP contribution in [0.2, 0.25) is 0 Å². The van der Waals surface area contributed by atoms with Crippen molar-refractivity contribution in [3.63, 3.8) is 0 Å². The Morgan fingerprint density at radius 1 is 1.58 bits per heavy atom. The number of anilines is 1. The number of nitrogen functional groups attached to an aromatic ring is 1. The van der Waals surface area contributed by atoms with Gasteiger partial charge in [0, 0.05) is 10.3 Å². The zero-order valence-corrected chi connectivity index (χ0v) is 7.28. The molecule has 0 aromatic carbocycles. The van der Waals surface area contributed by atoms with E-state index in [1.54, 1.807) is 0 Å². The van der Waals surface area contributed by atoms with Crippen molar-refractivity contribution in [2.24, 2.45) is 0 Å². The van der Waals surface area contributed by atoms with Gasteiger partial charge in [-0.3, -0.25) is 0 Å². The summed E-state index contributed by atoms with van der Waals surface area (Å²) in [5.41, 5.74) is 6.35. The quantitative estimate of drug-likeness (QED) is 0.679. The number of aryl methyl sites for hydroxylation is 1. The smallest absolute Gasteiger partial charge is 0.142 e. The summed E-state index contributed by atoms with van der Waals surface area (Å²) in [7, 11) is 0. The van der Waals surface area contributed by atoms with Crippen molar-refractivity contribution < 1.29 is 4.39 Å².